The van der Waals surface area contributed by atoms with E-state index in [4.69, 9.17) is 9.47 Å². The van der Waals surface area contributed by atoms with Gasteiger partial charge in [0.1, 0.15) is 35.5 Å². The van der Waals surface area contributed by atoms with E-state index in [0.717, 1.165) is 5.56 Å². The normalized spacial score (nSPS) is 10.3. The van der Waals surface area contributed by atoms with Crippen molar-refractivity contribution in [3.05, 3.63) is 78.1 Å². The van der Waals surface area contributed by atoms with E-state index < -0.39 is 5.82 Å². The summed E-state index contributed by atoms with van der Waals surface area (Å²) in [6.45, 7) is 2.07. The smallest absolute Gasteiger partial charge is 0.134 e. The van der Waals surface area contributed by atoms with E-state index in [-0.39, 0.29) is 6.61 Å². The first-order chi connectivity index (χ1) is 11.2. The summed E-state index contributed by atoms with van der Waals surface area (Å²) in [6.07, 6.45) is 3.37. The molecule has 23 heavy (non-hydrogen) atoms. The van der Waals surface area contributed by atoms with Gasteiger partial charge in [0, 0.05) is 36.2 Å². The van der Waals surface area contributed by atoms with Crippen molar-refractivity contribution in [1.29, 1.82) is 0 Å². The second-order valence-corrected chi connectivity index (χ2v) is 4.96. The molecular formula is C18H15FN2O2. The number of aryl methyl sites for hydroxylation is 1. The second-order valence-electron chi connectivity index (χ2n) is 4.96. The predicted octanol–water partition coefficient (Wildman–Crippen LogP) is 4.30. The first-order valence-electron chi connectivity index (χ1n) is 7.13. The highest BCUT2D eigenvalue weighted by Gasteiger charge is 2.05. The standard InChI is InChI=1S/C18H15FN2O2/c1-13-20-10-14(11-21-13)12-22-17-7-15(19)8-18(9-17)23-16-5-3-2-4-6-16/h2-11H,12H2,1H3. The van der Waals surface area contributed by atoms with Gasteiger partial charge in [-0.2, -0.15) is 0 Å². The minimum absolute atomic E-state index is 0.258. The Balaban J connectivity index is 1.71. The maximum atomic E-state index is 13.7. The summed E-state index contributed by atoms with van der Waals surface area (Å²) in [7, 11) is 0. The van der Waals surface area contributed by atoms with Crippen LogP contribution in [0.3, 0.4) is 0 Å². The van der Waals surface area contributed by atoms with Crippen LogP contribution in [0.2, 0.25) is 0 Å². The number of hydrogen-bond acceptors (Lipinski definition) is 4. The van der Waals surface area contributed by atoms with Gasteiger partial charge in [0.25, 0.3) is 0 Å². The maximum absolute atomic E-state index is 13.7. The molecule has 0 bridgehead atoms. The van der Waals surface area contributed by atoms with Crippen LogP contribution in [-0.4, -0.2) is 9.97 Å². The Kier molecular flexibility index (Phi) is 4.47. The van der Waals surface area contributed by atoms with Crippen LogP contribution >= 0.6 is 0 Å². The molecule has 3 rings (SSSR count). The van der Waals surface area contributed by atoms with Gasteiger partial charge in [-0.3, -0.25) is 0 Å². The molecule has 0 N–H and O–H groups in total. The largest absolute Gasteiger partial charge is 0.489 e. The summed E-state index contributed by atoms with van der Waals surface area (Å²) in [6, 6.07) is 13.5. The maximum Gasteiger partial charge on any atom is 0.134 e. The molecule has 1 heterocycles. The predicted molar refractivity (Wildman–Crippen MR) is 84.0 cm³/mol. The van der Waals surface area contributed by atoms with Crippen LogP contribution in [0.15, 0.2) is 60.9 Å². The Labute approximate surface area is 133 Å². The Morgan fingerprint density at radius 1 is 0.913 bits per heavy atom. The minimum atomic E-state index is -0.423. The molecule has 0 aliphatic rings. The highest BCUT2D eigenvalue weighted by molar-refractivity contribution is 5.37. The Hall–Kier alpha value is -2.95. The summed E-state index contributed by atoms with van der Waals surface area (Å²) in [4.78, 5) is 8.18. The van der Waals surface area contributed by atoms with E-state index in [1.54, 1.807) is 30.6 Å². The van der Waals surface area contributed by atoms with E-state index in [1.807, 2.05) is 25.1 Å². The molecule has 2 aromatic carbocycles. The van der Waals surface area contributed by atoms with E-state index in [9.17, 15) is 4.39 Å². The van der Waals surface area contributed by atoms with Gasteiger partial charge in [0.05, 0.1) is 0 Å². The fourth-order valence-corrected chi connectivity index (χ4v) is 1.96. The number of benzene rings is 2. The van der Waals surface area contributed by atoms with Crippen molar-refractivity contribution in [3.63, 3.8) is 0 Å². The number of para-hydroxylation sites is 1. The molecule has 0 fully saturated rings. The van der Waals surface area contributed by atoms with Crippen molar-refractivity contribution in [1.82, 2.24) is 9.97 Å². The molecule has 0 atom stereocenters. The minimum Gasteiger partial charge on any atom is -0.489 e. The average molecular weight is 310 g/mol. The zero-order chi connectivity index (χ0) is 16.1. The number of hydrogen-bond donors (Lipinski definition) is 0. The summed E-state index contributed by atoms with van der Waals surface area (Å²) >= 11 is 0. The summed E-state index contributed by atoms with van der Waals surface area (Å²) in [5, 5.41) is 0. The zero-order valence-electron chi connectivity index (χ0n) is 12.6. The highest BCUT2D eigenvalue weighted by Crippen LogP contribution is 2.27. The van der Waals surface area contributed by atoms with Crippen molar-refractivity contribution in [3.8, 4) is 17.2 Å². The van der Waals surface area contributed by atoms with Crippen molar-refractivity contribution >= 4 is 0 Å². The molecule has 0 saturated carbocycles. The lowest BCUT2D eigenvalue weighted by molar-refractivity contribution is 0.301. The van der Waals surface area contributed by atoms with E-state index in [2.05, 4.69) is 9.97 Å². The van der Waals surface area contributed by atoms with Crippen LogP contribution in [0.25, 0.3) is 0 Å². The van der Waals surface area contributed by atoms with Gasteiger partial charge in [0.15, 0.2) is 0 Å². The highest BCUT2D eigenvalue weighted by atomic mass is 19.1. The Bertz CT molecular complexity index is 777. The molecule has 0 amide bonds. The van der Waals surface area contributed by atoms with Gasteiger partial charge >= 0.3 is 0 Å². The van der Waals surface area contributed by atoms with Gasteiger partial charge < -0.3 is 9.47 Å². The van der Waals surface area contributed by atoms with E-state index in [0.29, 0.717) is 23.1 Å². The molecule has 116 valence electrons. The molecule has 0 saturated heterocycles. The molecule has 0 aliphatic carbocycles. The third-order valence-corrected chi connectivity index (χ3v) is 3.06. The van der Waals surface area contributed by atoms with Gasteiger partial charge in [-0.1, -0.05) is 18.2 Å². The monoisotopic (exact) mass is 310 g/mol. The van der Waals surface area contributed by atoms with Crippen LogP contribution in [-0.2, 0) is 6.61 Å². The Morgan fingerprint density at radius 2 is 1.61 bits per heavy atom. The van der Waals surface area contributed by atoms with Gasteiger partial charge in [-0.05, 0) is 19.1 Å². The van der Waals surface area contributed by atoms with Crippen molar-refractivity contribution in [2.75, 3.05) is 0 Å². The van der Waals surface area contributed by atoms with Crippen molar-refractivity contribution in [2.45, 2.75) is 13.5 Å². The second kappa shape index (κ2) is 6.87. The molecule has 0 spiro atoms. The van der Waals surface area contributed by atoms with Gasteiger partial charge in [-0.15, -0.1) is 0 Å². The van der Waals surface area contributed by atoms with Gasteiger partial charge in [0.2, 0.25) is 0 Å². The molecule has 0 unspecified atom stereocenters. The third-order valence-electron chi connectivity index (χ3n) is 3.06. The molecule has 4 nitrogen and oxygen atoms in total. The van der Waals surface area contributed by atoms with E-state index in [1.165, 1.54) is 12.1 Å². The lowest BCUT2D eigenvalue weighted by Gasteiger charge is -2.10. The van der Waals surface area contributed by atoms with Crippen LogP contribution < -0.4 is 9.47 Å². The van der Waals surface area contributed by atoms with Crippen molar-refractivity contribution < 1.29 is 13.9 Å². The molecular weight excluding hydrogens is 295 g/mol. The fraction of sp³-hybridized carbons (Fsp3) is 0.111. The topological polar surface area (TPSA) is 44.2 Å². The molecule has 1 aromatic heterocycles. The number of ether oxygens (including phenoxy) is 2. The van der Waals surface area contributed by atoms with Crippen LogP contribution in [0.4, 0.5) is 4.39 Å². The summed E-state index contributed by atoms with van der Waals surface area (Å²) < 4.78 is 24.9. The van der Waals surface area contributed by atoms with Crippen LogP contribution in [0.1, 0.15) is 11.4 Å². The lowest BCUT2D eigenvalue weighted by atomic mass is 10.3. The van der Waals surface area contributed by atoms with Gasteiger partial charge in [-0.25, -0.2) is 14.4 Å². The van der Waals surface area contributed by atoms with Crippen LogP contribution in [0, 0.1) is 12.7 Å². The summed E-state index contributed by atoms with van der Waals surface area (Å²) in [5.74, 6) is 1.67. The molecule has 5 heteroatoms. The zero-order valence-corrected chi connectivity index (χ0v) is 12.6. The number of rotatable bonds is 5. The van der Waals surface area contributed by atoms with E-state index >= 15 is 0 Å². The van der Waals surface area contributed by atoms with Crippen LogP contribution in [0.5, 0.6) is 17.2 Å². The average Bonchev–Trinajstić information content (AvgIpc) is 2.55. The first kappa shape index (κ1) is 15.0. The molecule has 3 aromatic rings. The fourth-order valence-electron chi connectivity index (χ4n) is 1.96. The first-order valence-corrected chi connectivity index (χ1v) is 7.13. The molecule has 0 radical (unpaired) electrons. The number of aromatic nitrogens is 2. The molecule has 0 aliphatic heterocycles. The number of halogens is 1. The van der Waals surface area contributed by atoms with Crippen molar-refractivity contribution in [2.24, 2.45) is 0 Å². The third kappa shape index (κ3) is 4.26. The summed E-state index contributed by atoms with van der Waals surface area (Å²) in [5.41, 5.74) is 0.811. The quantitative estimate of drug-likeness (QED) is 0.705. The lowest BCUT2D eigenvalue weighted by Crippen LogP contribution is -1.99. The number of nitrogens with zero attached hydrogens (tertiary/aromatic N) is 2. The SMILES string of the molecule is Cc1ncc(COc2cc(F)cc(Oc3ccccc3)c2)cn1. The Morgan fingerprint density at radius 3 is 2.35 bits per heavy atom.